The number of nitrogens with one attached hydrogen (secondary N) is 2. The zero-order valence-corrected chi connectivity index (χ0v) is 16.4. The van der Waals surface area contributed by atoms with Crippen LogP contribution in [0.5, 0.6) is 11.5 Å². The van der Waals surface area contributed by atoms with Gasteiger partial charge in [-0.15, -0.1) is 0 Å². The van der Waals surface area contributed by atoms with Crippen molar-refractivity contribution in [3.8, 4) is 17.6 Å². The van der Waals surface area contributed by atoms with E-state index in [0.29, 0.717) is 36.8 Å². The van der Waals surface area contributed by atoms with E-state index in [1.807, 2.05) is 19.1 Å². The van der Waals surface area contributed by atoms with E-state index in [1.54, 1.807) is 37.3 Å². The molecule has 0 fully saturated rings. The van der Waals surface area contributed by atoms with Gasteiger partial charge in [-0.3, -0.25) is 0 Å². The van der Waals surface area contributed by atoms with Crippen LogP contribution in [0.4, 0.5) is 8.78 Å². The van der Waals surface area contributed by atoms with E-state index in [9.17, 15) is 8.78 Å². The highest BCUT2D eigenvalue weighted by Gasteiger charge is 2.16. The molecule has 0 unspecified atom stereocenters. The van der Waals surface area contributed by atoms with Crippen LogP contribution in [0.1, 0.15) is 30.5 Å². The van der Waals surface area contributed by atoms with Crippen LogP contribution in [-0.4, -0.2) is 25.7 Å². The van der Waals surface area contributed by atoms with E-state index >= 15 is 0 Å². The third-order valence-corrected chi connectivity index (χ3v) is 3.86. The standard InChI is InChI=1S/C21H24F2N4O2/c1-3-25-21(26-13-16-10-8-15(12-24)9-11-16)27-14-17-6-5-7-18(28-4-2)19(17)29-20(22)23/h5-11,20H,3-4,13-14H2,1-2H3,(H2,25,26,27). The number of halogens is 2. The first-order valence-corrected chi connectivity index (χ1v) is 9.28. The van der Waals surface area contributed by atoms with Crippen molar-refractivity contribution in [3.63, 3.8) is 0 Å². The minimum Gasteiger partial charge on any atom is -0.490 e. The van der Waals surface area contributed by atoms with Crippen LogP contribution in [-0.2, 0) is 13.1 Å². The highest BCUT2D eigenvalue weighted by Crippen LogP contribution is 2.32. The summed E-state index contributed by atoms with van der Waals surface area (Å²) in [5.74, 6) is 0.813. The first-order chi connectivity index (χ1) is 14.1. The summed E-state index contributed by atoms with van der Waals surface area (Å²) in [6.07, 6.45) is 0. The van der Waals surface area contributed by atoms with E-state index in [4.69, 9.17) is 10.00 Å². The third-order valence-electron chi connectivity index (χ3n) is 3.86. The first-order valence-electron chi connectivity index (χ1n) is 9.28. The lowest BCUT2D eigenvalue weighted by molar-refractivity contribution is -0.0520. The highest BCUT2D eigenvalue weighted by atomic mass is 19.3. The second-order valence-electron chi connectivity index (χ2n) is 5.91. The molecule has 29 heavy (non-hydrogen) atoms. The quantitative estimate of drug-likeness (QED) is 0.493. The van der Waals surface area contributed by atoms with E-state index < -0.39 is 6.61 Å². The number of hydrogen-bond acceptors (Lipinski definition) is 4. The Bertz CT molecular complexity index is 849. The van der Waals surface area contributed by atoms with Gasteiger partial charge < -0.3 is 20.1 Å². The predicted octanol–water partition coefficient (Wildman–Crippen LogP) is 3.81. The van der Waals surface area contributed by atoms with Gasteiger partial charge in [-0.1, -0.05) is 24.3 Å². The maximum Gasteiger partial charge on any atom is 0.387 e. The zero-order chi connectivity index (χ0) is 21.1. The fourth-order valence-corrected chi connectivity index (χ4v) is 2.57. The van der Waals surface area contributed by atoms with Crippen LogP contribution >= 0.6 is 0 Å². The summed E-state index contributed by atoms with van der Waals surface area (Å²) in [6, 6.07) is 14.2. The summed E-state index contributed by atoms with van der Waals surface area (Å²) >= 11 is 0. The average molecular weight is 402 g/mol. The molecule has 154 valence electrons. The summed E-state index contributed by atoms with van der Waals surface area (Å²) in [7, 11) is 0. The fourth-order valence-electron chi connectivity index (χ4n) is 2.57. The van der Waals surface area contributed by atoms with Gasteiger partial charge in [0.1, 0.15) is 0 Å². The second kappa shape index (κ2) is 11.5. The summed E-state index contributed by atoms with van der Waals surface area (Å²) < 4.78 is 35.8. The summed E-state index contributed by atoms with van der Waals surface area (Å²) in [4.78, 5) is 4.49. The van der Waals surface area contributed by atoms with Crippen LogP contribution < -0.4 is 20.1 Å². The molecule has 0 saturated carbocycles. The molecule has 2 N–H and O–H groups in total. The number of guanidine groups is 1. The fraction of sp³-hybridized carbons (Fsp3) is 0.333. The Morgan fingerprint density at radius 1 is 1.14 bits per heavy atom. The van der Waals surface area contributed by atoms with Crippen molar-refractivity contribution >= 4 is 5.96 Å². The Morgan fingerprint density at radius 3 is 2.52 bits per heavy atom. The Kier molecular flexibility index (Phi) is 8.70. The lowest BCUT2D eigenvalue weighted by Gasteiger charge is -2.17. The molecule has 0 aromatic heterocycles. The molecule has 0 aliphatic rings. The van der Waals surface area contributed by atoms with Crippen LogP contribution in [0, 0.1) is 11.3 Å². The molecule has 0 spiro atoms. The van der Waals surface area contributed by atoms with Crippen molar-refractivity contribution < 1.29 is 18.3 Å². The summed E-state index contributed by atoms with van der Waals surface area (Å²) in [5.41, 5.74) is 2.06. The molecule has 6 nitrogen and oxygen atoms in total. The van der Waals surface area contributed by atoms with Gasteiger partial charge in [0.25, 0.3) is 0 Å². The number of aliphatic imine (C=N–C) groups is 1. The van der Waals surface area contributed by atoms with Gasteiger partial charge in [-0.2, -0.15) is 14.0 Å². The molecular weight excluding hydrogens is 378 g/mol. The molecule has 0 aliphatic carbocycles. The van der Waals surface area contributed by atoms with Crippen molar-refractivity contribution in [2.24, 2.45) is 4.99 Å². The Morgan fingerprint density at radius 2 is 1.90 bits per heavy atom. The van der Waals surface area contributed by atoms with Crippen LogP contribution in [0.3, 0.4) is 0 Å². The number of alkyl halides is 2. The molecule has 0 saturated heterocycles. The number of rotatable bonds is 9. The second-order valence-corrected chi connectivity index (χ2v) is 5.91. The minimum atomic E-state index is -2.95. The Labute approximate surface area is 169 Å². The topological polar surface area (TPSA) is 78.7 Å². The molecule has 2 aromatic carbocycles. The molecule has 0 amide bonds. The number of para-hydroxylation sites is 1. The van der Waals surface area contributed by atoms with Gasteiger partial charge in [0.2, 0.25) is 0 Å². The normalized spacial score (nSPS) is 11.1. The highest BCUT2D eigenvalue weighted by molar-refractivity contribution is 5.79. The first kappa shape index (κ1) is 22.0. The van der Waals surface area contributed by atoms with Crippen LogP contribution in [0.2, 0.25) is 0 Å². The summed E-state index contributed by atoms with van der Waals surface area (Å²) in [5, 5.41) is 15.1. The van der Waals surface area contributed by atoms with Crippen LogP contribution in [0.25, 0.3) is 0 Å². The van der Waals surface area contributed by atoms with Crippen LogP contribution in [0.15, 0.2) is 47.5 Å². The molecule has 0 atom stereocenters. The molecule has 0 heterocycles. The average Bonchev–Trinajstić information content (AvgIpc) is 2.72. The number of benzene rings is 2. The maximum absolute atomic E-state index is 12.8. The molecule has 0 bridgehead atoms. The van der Waals surface area contributed by atoms with Gasteiger partial charge in [0.15, 0.2) is 17.5 Å². The number of nitrogens with zero attached hydrogens (tertiary/aromatic N) is 2. The Balaban J connectivity index is 2.12. The van der Waals surface area contributed by atoms with E-state index in [2.05, 4.69) is 26.4 Å². The number of ether oxygens (including phenoxy) is 2. The monoisotopic (exact) mass is 402 g/mol. The zero-order valence-electron chi connectivity index (χ0n) is 16.4. The molecular formula is C21H24F2N4O2. The van der Waals surface area contributed by atoms with Crippen molar-refractivity contribution in [2.45, 2.75) is 33.5 Å². The van der Waals surface area contributed by atoms with Gasteiger partial charge in [-0.25, -0.2) is 4.99 Å². The summed E-state index contributed by atoms with van der Waals surface area (Å²) in [6.45, 7) is 2.36. The van der Waals surface area contributed by atoms with E-state index in [-0.39, 0.29) is 18.0 Å². The van der Waals surface area contributed by atoms with E-state index in [1.165, 1.54) is 0 Å². The van der Waals surface area contributed by atoms with Gasteiger partial charge in [0.05, 0.1) is 24.8 Å². The third kappa shape index (κ3) is 6.96. The molecule has 2 aromatic rings. The lowest BCUT2D eigenvalue weighted by atomic mass is 10.1. The van der Waals surface area contributed by atoms with Crippen molar-refractivity contribution in [1.82, 2.24) is 10.6 Å². The lowest BCUT2D eigenvalue weighted by Crippen LogP contribution is -2.36. The van der Waals surface area contributed by atoms with E-state index in [0.717, 1.165) is 5.56 Å². The van der Waals surface area contributed by atoms with Crippen molar-refractivity contribution in [1.29, 1.82) is 5.26 Å². The van der Waals surface area contributed by atoms with Gasteiger partial charge in [-0.05, 0) is 37.6 Å². The van der Waals surface area contributed by atoms with Crippen molar-refractivity contribution in [2.75, 3.05) is 13.2 Å². The number of nitriles is 1. The number of hydrogen-bond donors (Lipinski definition) is 2. The predicted molar refractivity (Wildman–Crippen MR) is 107 cm³/mol. The minimum absolute atomic E-state index is 0.0137. The largest absolute Gasteiger partial charge is 0.490 e. The molecule has 2 rings (SSSR count). The van der Waals surface area contributed by atoms with Gasteiger partial charge in [0, 0.05) is 18.7 Å². The molecule has 0 aliphatic heterocycles. The molecule has 0 radical (unpaired) electrons. The maximum atomic E-state index is 12.8. The SMILES string of the molecule is CCNC(=NCc1ccc(C#N)cc1)NCc1cccc(OCC)c1OC(F)F. The smallest absolute Gasteiger partial charge is 0.387 e. The van der Waals surface area contributed by atoms with Crippen molar-refractivity contribution in [3.05, 3.63) is 59.2 Å². The molecule has 8 heteroatoms. The Hall–Kier alpha value is -3.34. The van der Waals surface area contributed by atoms with Gasteiger partial charge >= 0.3 is 6.61 Å².